The first-order valence-electron chi connectivity index (χ1n) is 15.8. The zero-order valence-electron chi connectivity index (χ0n) is 24.9. The number of aromatic nitrogens is 1. The zero-order valence-corrected chi connectivity index (χ0v) is 24.9. The van der Waals surface area contributed by atoms with E-state index in [-0.39, 0.29) is 0 Å². The van der Waals surface area contributed by atoms with E-state index < -0.39 is 0 Å². The normalized spacial score (nSPS) is 11.9. The average Bonchev–Trinajstić information content (AvgIpc) is 3.38. The molecule has 2 aromatic heterocycles. The molecule has 0 aliphatic carbocycles. The molecular weight excluding hydrogens is 558 g/mol. The molecule has 0 fully saturated rings. The number of rotatable bonds is 3. The van der Waals surface area contributed by atoms with Crippen LogP contribution in [0.15, 0.2) is 168 Å². The van der Waals surface area contributed by atoms with Gasteiger partial charge in [0, 0.05) is 38.1 Å². The maximum Gasteiger partial charge on any atom is 0.143 e. The van der Waals surface area contributed by atoms with Gasteiger partial charge < -0.3 is 8.98 Å². The average molecular weight is 586 g/mol. The van der Waals surface area contributed by atoms with Gasteiger partial charge in [-0.05, 0) is 51.6 Å². The molecule has 2 heterocycles. The van der Waals surface area contributed by atoms with Gasteiger partial charge in [0.05, 0.1) is 16.7 Å². The van der Waals surface area contributed by atoms with Crippen molar-refractivity contribution in [3.05, 3.63) is 164 Å². The van der Waals surface area contributed by atoms with Crippen molar-refractivity contribution < 1.29 is 4.42 Å². The maximum atomic E-state index is 7.36. The molecule has 0 saturated heterocycles. The number of hydrogen-bond acceptors (Lipinski definition) is 1. The van der Waals surface area contributed by atoms with Crippen LogP contribution in [0.1, 0.15) is 0 Å². The molecule has 10 aromatic rings. The molecule has 0 N–H and O–H groups in total. The monoisotopic (exact) mass is 585 g/mol. The Morgan fingerprint density at radius 3 is 1.59 bits per heavy atom. The van der Waals surface area contributed by atoms with Crippen LogP contribution in [0.5, 0.6) is 0 Å². The molecule has 0 atom stereocenters. The van der Waals surface area contributed by atoms with Gasteiger partial charge in [-0.25, -0.2) is 0 Å². The molecule has 2 nitrogen and oxygen atoms in total. The Balaban J connectivity index is 1.48. The van der Waals surface area contributed by atoms with Crippen molar-refractivity contribution in [2.75, 3.05) is 0 Å². The lowest BCUT2D eigenvalue weighted by molar-refractivity contribution is 0.666. The Morgan fingerprint density at radius 1 is 0.370 bits per heavy atom. The Morgan fingerprint density at radius 2 is 0.891 bits per heavy atom. The van der Waals surface area contributed by atoms with Crippen molar-refractivity contribution >= 4 is 65.3 Å². The predicted octanol–water partition coefficient (Wildman–Crippen LogP) is 12.3. The first-order chi connectivity index (χ1) is 22.8. The van der Waals surface area contributed by atoms with Gasteiger partial charge in [-0.3, -0.25) is 0 Å². The van der Waals surface area contributed by atoms with E-state index in [9.17, 15) is 0 Å². The summed E-state index contributed by atoms with van der Waals surface area (Å²) in [5.41, 5.74) is 9.73. The van der Waals surface area contributed by atoms with Gasteiger partial charge in [-0.2, -0.15) is 0 Å². The molecule has 214 valence electrons. The summed E-state index contributed by atoms with van der Waals surface area (Å²) in [4.78, 5) is 0. The van der Waals surface area contributed by atoms with E-state index in [1.165, 1.54) is 38.0 Å². The Bertz CT molecular complexity index is 2730. The second-order valence-electron chi connectivity index (χ2n) is 12.1. The number of para-hydroxylation sites is 2. The van der Waals surface area contributed by atoms with Crippen LogP contribution in [0.4, 0.5) is 0 Å². The van der Waals surface area contributed by atoms with E-state index in [0.717, 1.165) is 55.3 Å². The lowest BCUT2D eigenvalue weighted by Crippen LogP contribution is -1.97. The van der Waals surface area contributed by atoms with E-state index in [2.05, 4.69) is 168 Å². The van der Waals surface area contributed by atoms with Gasteiger partial charge in [0.15, 0.2) is 0 Å². The van der Waals surface area contributed by atoms with Crippen LogP contribution in [-0.4, -0.2) is 4.57 Å². The molecular formula is C44H27NO. The molecule has 46 heavy (non-hydrogen) atoms. The third kappa shape index (κ3) is 3.53. The summed E-state index contributed by atoms with van der Waals surface area (Å²) in [6, 6.07) is 58.8. The lowest BCUT2D eigenvalue weighted by atomic mass is 9.94. The fraction of sp³-hybridized carbons (Fsp3) is 0. The third-order valence-electron chi connectivity index (χ3n) is 9.58. The second kappa shape index (κ2) is 9.69. The molecule has 0 unspecified atom stereocenters. The summed E-state index contributed by atoms with van der Waals surface area (Å²) in [5, 5.41) is 9.46. The molecule has 2 heteroatoms. The highest BCUT2D eigenvalue weighted by atomic mass is 16.3. The van der Waals surface area contributed by atoms with Crippen molar-refractivity contribution in [3.63, 3.8) is 0 Å². The molecule has 0 aliphatic rings. The Kier molecular flexibility index (Phi) is 5.31. The molecule has 0 radical (unpaired) electrons. The molecule has 10 rings (SSSR count). The van der Waals surface area contributed by atoms with Crippen LogP contribution in [0, 0.1) is 0 Å². The van der Waals surface area contributed by atoms with Crippen LogP contribution >= 0.6 is 0 Å². The summed E-state index contributed by atoms with van der Waals surface area (Å²) >= 11 is 0. The number of fused-ring (bicyclic) bond motifs is 4. The second-order valence-corrected chi connectivity index (χ2v) is 12.1. The van der Waals surface area contributed by atoms with Crippen LogP contribution in [-0.2, 0) is 0 Å². The summed E-state index contributed by atoms with van der Waals surface area (Å²) in [6.07, 6.45) is 0. The van der Waals surface area contributed by atoms with Gasteiger partial charge in [0.25, 0.3) is 0 Å². The highest BCUT2D eigenvalue weighted by Crippen LogP contribution is 2.46. The third-order valence-corrected chi connectivity index (χ3v) is 9.58. The standard InChI is InChI=1S/C44H27NO/c1-3-13-28(14-4-1)31-26-25-30-17-11-20-34-35-21-12-22-36-40(45-38-23-9-7-18-32(38)33-19-8-10-24-39(33)45)27-37(29-15-5-2-6-16-29)44(42(35)36)46-43(31)41(30)34/h1-27H. The van der Waals surface area contributed by atoms with Crippen LogP contribution < -0.4 is 0 Å². The van der Waals surface area contributed by atoms with Gasteiger partial charge in [0.2, 0.25) is 0 Å². The number of hydrogen-bond donors (Lipinski definition) is 0. The smallest absolute Gasteiger partial charge is 0.143 e. The summed E-state index contributed by atoms with van der Waals surface area (Å²) in [5.74, 6) is 0. The van der Waals surface area contributed by atoms with Gasteiger partial charge in [-0.1, -0.05) is 140 Å². The van der Waals surface area contributed by atoms with Crippen molar-refractivity contribution in [1.82, 2.24) is 4.57 Å². The predicted molar refractivity (Wildman–Crippen MR) is 194 cm³/mol. The minimum absolute atomic E-state index is 0.891. The van der Waals surface area contributed by atoms with Crippen LogP contribution in [0.25, 0.3) is 93.2 Å². The van der Waals surface area contributed by atoms with Crippen LogP contribution in [0.2, 0.25) is 0 Å². The molecule has 0 spiro atoms. The summed E-state index contributed by atoms with van der Waals surface area (Å²) in [7, 11) is 0. The minimum Gasteiger partial charge on any atom is -0.455 e. The maximum absolute atomic E-state index is 7.36. The molecule has 8 aromatic carbocycles. The van der Waals surface area contributed by atoms with Crippen molar-refractivity contribution in [2.45, 2.75) is 0 Å². The largest absolute Gasteiger partial charge is 0.455 e. The molecule has 0 saturated carbocycles. The Labute approximate surface area is 265 Å². The summed E-state index contributed by atoms with van der Waals surface area (Å²) < 4.78 is 9.79. The molecule has 0 amide bonds. The first-order valence-corrected chi connectivity index (χ1v) is 15.8. The Hall–Kier alpha value is -6.12. The van der Waals surface area contributed by atoms with E-state index in [4.69, 9.17) is 4.42 Å². The summed E-state index contributed by atoms with van der Waals surface area (Å²) in [6.45, 7) is 0. The fourth-order valence-corrected chi connectivity index (χ4v) is 7.58. The quantitative estimate of drug-likeness (QED) is 0.202. The number of benzene rings is 8. The van der Waals surface area contributed by atoms with Gasteiger partial charge in [0.1, 0.15) is 11.2 Å². The first kappa shape index (κ1) is 25.2. The molecule has 0 bridgehead atoms. The van der Waals surface area contributed by atoms with E-state index in [1.807, 2.05) is 0 Å². The van der Waals surface area contributed by atoms with Gasteiger partial charge in [-0.15, -0.1) is 0 Å². The minimum atomic E-state index is 0.891. The highest BCUT2D eigenvalue weighted by Gasteiger charge is 2.22. The topological polar surface area (TPSA) is 18.1 Å². The van der Waals surface area contributed by atoms with E-state index in [0.29, 0.717) is 0 Å². The van der Waals surface area contributed by atoms with Crippen molar-refractivity contribution in [1.29, 1.82) is 0 Å². The zero-order chi connectivity index (χ0) is 30.2. The van der Waals surface area contributed by atoms with Crippen LogP contribution in [0.3, 0.4) is 0 Å². The fourth-order valence-electron chi connectivity index (χ4n) is 7.58. The number of nitrogens with zero attached hydrogens (tertiary/aromatic N) is 1. The van der Waals surface area contributed by atoms with E-state index >= 15 is 0 Å². The van der Waals surface area contributed by atoms with Crippen molar-refractivity contribution in [2.24, 2.45) is 0 Å². The van der Waals surface area contributed by atoms with E-state index in [1.54, 1.807) is 0 Å². The highest BCUT2D eigenvalue weighted by molar-refractivity contribution is 6.27. The molecule has 0 aliphatic heterocycles. The van der Waals surface area contributed by atoms with Gasteiger partial charge >= 0.3 is 0 Å². The SMILES string of the molecule is c1ccc(-c2ccc3cccc4c5cccc6c(-n7c8ccccc8c8ccccc87)cc(-c7ccccc7)c(oc2c34)c65)cc1. The lowest BCUT2D eigenvalue weighted by Gasteiger charge is -2.16. The van der Waals surface area contributed by atoms with Crippen molar-refractivity contribution in [3.8, 4) is 27.9 Å².